The van der Waals surface area contributed by atoms with E-state index in [4.69, 9.17) is 27.9 Å². The molecule has 2 aromatic heterocycles. The Morgan fingerprint density at radius 2 is 1.32 bits per heavy atom. The van der Waals surface area contributed by atoms with Gasteiger partial charge in [-0.05, 0) is 49.2 Å². The van der Waals surface area contributed by atoms with Gasteiger partial charge >= 0.3 is 0 Å². The van der Waals surface area contributed by atoms with Crippen LogP contribution in [0.25, 0.3) is 10.9 Å². The standard InChI is InChI=1S/C29H36N12O2.ClH/c30-17-10-18(31)13-40(12-17)28-37-27(38-29(39-28)41-14-19(32)11-20(33)15-41)36-22-6-4-21(5-7-22)35-26(43)23-8-3-16-2-1-9-34-24(16)25(23)42;/h1-9,17-20,42H,10-15,30-33H2,(H,35,43)(H,36,37,38,39);1H/t17-,18+,19-,20+;. The van der Waals surface area contributed by atoms with Crippen molar-refractivity contribution in [3.63, 3.8) is 0 Å². The number of amides is 1. The van der Waals surface area contributed by atoms with Gasteiger partial charge in [-0.25, -0.2) is 0 Å². The van der Waals surface area contributed by atoms with Crippen molar-refractivity contribution in [3.05, 3.63) is 60.3 Å². The molecule has 15 heteroatoms. The highest BCUT2D eigenvalue weighted by Crippen LogP contribution is 2.28. The van der Waals surface area contributed by atoms with Crippen LogP contribution in [-0.2, 0) is 0 Å². The van der Waals surface area contributed by atoms with Crippen molar-refractivity contribution in [3.8, 4) is 5.75 Å². The van der Waals surface area contributed by atoms with E-state index in [0.717, 1.165) is 18.2 Å². The number of aromatic hydroxyl groups is 1. The molecule has 0 bridgehead atoms. The first kappa shape index (κ1) is 31.1. The summed E-state index contributed by atoms with van der Waals surface area (Å²) in [4.78, 5) is 35.2. The van der Waals surface area contributed by atoms with Crippen molar-refractivity contribution < 1.29 is 9.90 Å². The number of aromatic nitrogens is 4. The third-order valence-corrected chi connectivity index (χ3v) is 7.60. The zero-order valence-corrected chi connectivity index (χ0v) is 24.8. The maximum atomic E-state index is 12.9. The van der Waals surface area contributed by atoms with E-state index in [1.165, 1.54) is 0 Å². The third kappa shape index (κ3) is 6.90. The number of benzene rings is 2. The fraction of sp³-hybridized carbons (Fsp3) is 0.345. The van der Waals surface area contributed by atoms with E-state index >= 15 is 0 Å². The van der Waals surface area contributed by atoms with Crippen LogP contribution in [0.1, 0.15) is 23.2 Å². The predicted octanol–water partition coefficient (Wildman–Crippen LogP) is 1.27. The van der Waals surface area contributed by atoms with Crippen LogP contribution in [0.2, 0.25) is 0 Å². The molecular weight excluding hydrogens is 584 g/mol. The number of hydrogen-bond acceptors (Lipinski definition) is 13. The molecular formula is C29H37ClN12O2. The Bertz CT molecular complexity index is 1560. The van der Waals surface area contributed by atoms with Crippen LogP contribution in [0.4, 0.5) is 29.2 Å². The average Bonchev–Trinajstić information content (AvgIpc) is 2.97. The number of carbonyl (C=O) groups excluding carboxylic acids is 1. The first-order chi connectivity index (χ1) is 20.7. The molecule has 2 fully saturated rings. The smallest absolute Gasteiger partial charge is 0.259 e. The van der Waals surface area contributed by atoms with Crippen LogP contribution >= 0.6 is 12.4 Å². The molecule has 0 aliphatic carbocycles. The van der Waals surface area contributed by atoms with Crippen molar-refractivity contribution in [1.29, 1.82) is 0 Å². The number of rotatable bonds is 6. The lowest BCUT2D eigenvalue weighted by atomic mass is 10.0. The Balaban J connectivity index is 0.00000384. The largest absolute Gasteiger partial charge is 0.505 e. The molecule has 0 saturated carbocycles. The van der Waals surface area contributed by atoms with Gasteiger partial charge in [-0.1, -0.05) is 12.1 Å². The summed E-state index contributed by atoms with van der Waals surface area (Å²) in [6.45, 7) is 2.30. The number of piperidine rings is 2. The number of anilines is 5. The summed E-state index contributed by atoms with van der Waals surface area (Å²) in [6.07, 6.45) is 3.03. The number of pyridine rings is 1. The van der Waals surface area contributed by atoms with E-state index in [2.05, 4.69) is 25.6 Å². The summed E-state index contributed by atoms with van der Waals surface area (Å²) in [5.41, 5.74) is 26.7. The van der Waals surface area contributed by atoms with Crippen molar-refractivity contribution in [1.82, 2.24) is 19.9 Å². The molecule has 232 valence electrons. The molecule has 0 radical (unpaired) electrons. The SMILES string of the molecule is Cl.N[C@@H]1C[C@H](N)CN(c2nc(Nc3ccc(NC(=O)c4ccc5cccnc5c4O)cc3)nc(N3C[C@H](N)C[C@H](N)C3)n2)C1. The topological polar surface area (TPSA) is 223 Å². The number of nitrogens with one attached hydrogen (secondary N) is 2. The predicted molar refractivity (Wildman–Crippen MR) is 174 cm³/mol. The summed E-state index contributed by atoms with van der Waals surface area (Å²) in [5, 5.41) is 17.4. The lowest BCUT2D eigenvalue weighted by molar-refractivity contribution is 0.102. The quantitative estimate of drug-likeness (QED) is 0.161. The number of nitrogens with two attached hydrogens (primary N) is 4. The molecule has 14 nitrogen and oxygen atoms in total. The summed E-state index contributed by atoms with van der Waals surface area (Å²) in [6, 6.07) is 13.6. The highest BCUT2D eigenvalue weighted by atomic mass is 35.5. The lowest BCUT2D eigenvalue weighted by Crippen LogP contribution is -2.54. The zero-order valence-electron chi connectivity index (χ0n) is 24.0. The van der Waals surface area contributed by atoms with E-state index in [-0.39, 0.29) is 47.9 Å². The first-order valence-electron chi connectivity index (χ1n) is 14.3. The van der Waals surface area contributed by atoms with Crippen molar-refractivity contribution in [2.75, 3.05) is 46.6 Å². The molecule has 2 aromatic carbocycles. The number of phenolic OH excluding ortho intramolecular Hbond substituents is 1. The van der Waals surface area contributed by atoms with Gasteiger partial charge in [0.15, 0.2) is 5.75 Å². The minimum Gasteiger partial charge on any atom is -0.505 e. The number of carbonyl (C=O) groups is 1. The maximum Gasteiger partial charge on any atom is 0.259 e. The molecule has 11 N–H and O–H groups in total. The van der Waals surface area contributed by atoms with Gasteiger partial charge < -0.3 is 48.5 Å². The van der Waals surface area contributed by atoms with Crippen LogP contribution in [0.15, 0.2) is 54.7 Å². The Morgan fingerprint density at radius 1 is 0.773 bits per heavy atom. The van der Waals surface area contributed by atoms with Gasteiger partial charge in [-0.15, -0.1) is 12.4 Å². The molecule has 4 heterocycles. The van der Waals surface area contributed by atoms with Crippen LogP contribution in [0.3, 0.4) is 0 Å². The van der Waals surface area contributed by atoms with Gasteiger partial charge in [0.2, 0.25) is 17.8 Å². The highest BCUT2D eigenvalue weighted by Gasteiger charge is 2.29. The maximum absolute atomic E-state index is 12.9. The molecule has 2 aliphatic rings. The number of fused-ring (bicyclic) bond motifs is 1. The Labute approximate surface area is 260 Å². The zero-order chi connectivity index (χ0) is 30.1. The van der Waals surface area contributed by atoms with Crippen LogP contribution in [0, 0.1) is 0 Å². The molecule has 4 aromatic rings. The van der Waals surface area contributed by atoms with Gasteiger partial charge in [-0.3, -0.25) is 9.78 Å². The van der Waals surface area contributed by atoms with E-state index in [0.29, 0.717) is 60.9 Å². The summed E-state index contributed by atoms with van der Waals surface area (Å²) in [5.74, 6) is 0.666. The average molecular weight is 621 g/mol. The van der Waals surface area contributed by atoms with Gasteiger partial charge in [0, 0.05) is 73.3 Å². The summed E-state index contributed by atoms with van der Waals surface area (Å²) in [7, 11) is 0. The van der Waals surface area contributed by atoms with Gasteiger partial charge in [0.1, 0.15) is 5.52 Å². The molecule has 2 saturated heterocycles. The van der Waals surface area contributed by atoms with Gasteiger partial charge in [0.25, 0.3) is 5.91 Å². The minimum absolute atomic E-state index is 0. The summed E-state index contributed by atoms with van der Waals surface area (Å²) < 4.78 is 0. The minimum atomic E-state index is -0.451. The van der Waals surface area contributed by atoms with Gasteiger partial charge in [-0.2, -0.15) is 15.0 Å². The normalized spacial score (nSPS) is 21.9. The van der Waals surface area contributed by atoms with E-state index in [1.54, 1.807) is 48.7 Å². The molecule has 6 rings (SSSR count). The van der Waals surface area contributed by atoms with Crippen molar-refractivity contribution >= 4 is 58.4 Å². The Hall–Kier alpha value is -4.34. The second-order valence-electron chi connectivity index (χ2n) is 11.3. The number of hydrogen-bond donors (Lipinski definition) is 7. The van der Waals surface area contributed by atoms with Crippen molar-refractivity contribution in [2.24, 2.45) is 22.9 Å². The fourth-order valence-electron chi connectivity index (χ4n) is 5.65. The van der Waals surface area contributed by atoms with Crippen LogP contribution < -0.4 is 43.4 Å². The second-order valence-corrected chi connectivity index (χ2v) is 11.3. The van der Waals surface area contributed by atoms with Crippen LogP contribution in [0.5, 0.6) is 5.75 Å². The van der Waals surface area contributed by atoms with Gasteiger partial charge in [0.05, 0.1) is 5.56 Å². The molecule has 1 amide bonds. The van der Waals surface area contributed by atoms with E-state index in [9.17, 15) is 9.90 Å². The number of halogens is 1. The third-order valence-electron chi connectivity index (χ3n) is 7.60. The van der Waals surface area contributed by atoms with Crippen LogP contribution in [-0.4, -0.2) is 81.3 Å². The molecule has 4 atom stereocenters. The Morgan fingerprint density at radius 3 is 1.89 bits per heavy atom. The van der Waals surface area contributed by atoms with E-state index in [1.807, 2.05) is 15.9 Å². The summed E-state index contributed by atoms with van der Waals surface area (Å²) >= 11 is 0. The monoisotopic (exact) mass is 620 g/mol. The second kappa shape index (κ2) is 13.1. The molecule has 44 heavy (non-hydrogen) atoms. The molecule has 0 unspecified atom stereocenters. The molecule has 2 aliphatic heterocycles. The van der Waals surface area contributed by atoms with Crippen molar-refractivity contribution in [2.45, 2.75) is 37.0 Å². The Kier molecular flexibility index (Phi) is 9.27. The molecule has 0 spiro atoms. The first-order valence-corrected chi connectivity index (χ1v) is 14.3. The lowest BCUT2D eigenvalue weighted by Gasteiger charge is -2.37. The van der Waals surface area contributed by atoms with E-state index < -0.39 is 5.91 Å². The number of nitrogens with zero attached hydrogens (tertiary/aromatic N) is 6. The highest BCUT2D eigenvalue weighted by molar-refractivity contribution is 6.09. The fourth-order valence-corrected chi connectivity index (χ4v) is 5.65. The number of phenols is 1.